The number of ether oxygens (including phenoxy) is 1. The molecular weight excluding hydrogens is 208 g/mol. The Bertz CT molecular complexity index is 189. The van der Waals surface area contributed by atoms with E-state index in [0.29, 0.717) is 12.2 Å². The predicted molar refractivity (Wildman–Crippen MR) is 44.9 cm³/mol. The maximum absolute atomic E-state index is 11.5. The molecule has 1 saturated carbocycles. The van der Waals surface area contributed by atoms with E-state index < -0.39 is 5.60 Å². The van der Waals surface area contributed by atoms with E-state index in [9.17, 15) is 4.79 Å². The van der Waals surface area contributed by atoms with Gasteiger partial charge in [-0.05, 0) is 19.3 Å². The Kier molecular flexibility index (Phi) is 1.80. The van der Waals surface area contributed by atoms with E-state index in [1.807, 2.05) is 0 Å². The molecule has 3 heteroatoms. The molecule has 2 atom stereocenters. The van der Waals surface area contributed by atoms with Crippen LogP contribution >= 0.6 is 15.9 Å². The molecule has 11 heavy (non-hydrogen) atoms. The summed E-state index contributed by atoms with van der Waals surface area (Å²) in [5.74, 6) is 0.303. The summed E-state index contributed by atoms with van der Waals surface area (Å²) < 4.78 is 5.53. The number of halogens is 1. The van der Waals surface area contributed by atoms with Gasteiger partial charge in [0.05, 0.1) is 4.83 Å². The third kappa shape index (κ3) is 0.975. The van der Waals surface area contributed by atoms with Crippen LogP contribution in [0.15, 0.2) is 0 Å². The lowest BCUT2D eigenvalue weighted by Gasteiger charge is -2.23. The van der Waals surface area contributed by atoms with Crippen LogP contribution in [0.25, 0.3) is 0 Å². The molecule has 2 nitrogen and oxygen atoms in total. The predicted octanol–water partition coefficient (Wildman–Crippen LogP) is 1.66. The van der Waals surface area contributed by atoms with Gasteiger partial charge < -0.3 is 4.74 Å². The fourth-order valence-electron chi connectivity index (χ4n) is 2.01. The van der Waals surface area contributed by atoms with Gasteiger partial charge in [-0.2, -0.15) is 0 Å². The molecule has 0 N–H and O–H groups in total. The average molecular weight is 219 g/mol. The van der Waals surface area contributed by atoms with Gasteiger partial charge in [0, 0.05) is 13.0 Å². The Morgan fingerprint density at radius 1 is 1.64 bits per heavy atom. The fraction of sp³-hybridized carbons (Fsp3) is 0.875. The summed E-state index contributed by atoms with van der Waals surface area (Å²) in [5, 5.41) is 0. The lowest BCUT2D eigenvalue weighted by molar-refractivity contribution is -0.134. The van der Waals surface area contributed by atoms with Crippen LogP contribution in [-0.2, 0) is 9.53 Å². The second-order valence-electron chi connectivity index (χ2n) is 3.27. The molecule has 0 aromatic carbocycles. The average Bonchev–Trinajstić information content (AvgIpc) is 2.48. The van der Waals surface area contributed by atoms with Crippen molar-refractivity contribution >= 4 is 21.7 Å². The lowest BCUT2D eigenvalue weighted by Crippen LogP contribution is -2.40. The Morgan fingerprint density at radius 2 is 2.45 bits per heavy atom. The number of ketones is 1. The molecule has 0 radical (unpaired) electrons. The molecule has 2 rings (SSSR count). The molecule has 1 spiro atoms. The van der Waals surface area contributed by atoms with Gasteiger partial charge in [0.1, 0.15) is 5.60 Å². The number of hydrogen-bond donors (Lipinski definition) is 0. The zero-order valence-electron chi connectivity index (χ0n) is 6.31. The van der Waals surface area contributed by atoms with Crippen LogP contribution in [0, 0.1) is 0 Å². The van der Waals surface area contributed by atoms with Gasteiger partial charge in [0.2, 0.25) is 0 Å². The van der Waals surface area contributed by atoms with Crippen LogP contribution in [0.5, 0.6) is 0 Å². The second kappa shape index (κ2) is 2.56. The first-order valence-corrected chi connectivity index (χ1v) is 4.98. The van der Waals surface area contributed by atoms with Gasteiger partial charge in [0.15, 0.2) is 5.78 Å². The van der Waals surface area contributed by atoms with Crippen LogP contribution in [0.3, 0.4) is 0 Å². The zero-order chi connectivity index (χ0) is 7.90. The highest BCUT2D eigenvalue weighted by Crippen LogP contribution is 2.41. The number of carbonyl (C=O) groups is 1. The van der Waals surface area contributed by atoms with Gasteiger partial charge >= 0.3 is 0 Å². The minimum Gasteiger partial charge on any atom is -0.366 e. The van der Waals surface area contributed by atoms with Crippen molar-refractivity contribution in [3.8, 4) is 0 Å². The summed E-state index contributed by atoms with van der Waals surface area (Å²) >= 11 is 3.52. The lowest BCUT2D eigenvalue weighted by atomic mass is 9.97. The van der Waals surface area contributed by atoms with Crippen LogP contribution in [-0.4, -0.2) is 22.8 Å². The molecule has 1 saturated heterocycles. The Labute approximate surface area is 74.4 Å². The van der Waals surface area contributed by atoms with Crippen molar-refractivity contribution < 1.29 is 9.53 Å². The Hall–Kier alpha value is 0.110. The molecule has 1 heterocycles. The number of carbonyl (C=O) groups excluding carboxylic acids is 1. The van der Waals surface area contributed by atoms with E-state index in [1.165, 1.54) is 0 Å². The van der Waals surface area contributed by atoms with Gasteiger partial charge in [0.25, 0.3) is 0 Å². The normalized spacial score (nSPS) is 44.1. The van der Waals surface area contributed by atoms with Crippen LogP contribution < -0.4 is 0 Å². The van der Waals surface area contributed by atoms with E-state index in [2.05, 4.69) is 15.9 Å². The maximum Gasteiger partial charge on any atom is 0.165 e. The molecule has 0 unspecified atom stereocenters. The quantitative estimate of drug-likeness (QED) is 0.579. The third-order valence-electron chi connectivity index (χ3n) is 2.66. The smallest absolute Gasteiger partial charge is 0.165 e. The molecule has 0 aromatic rings. The first kappa shape index (κ1) is 7.74. The summed E-state index contributed by atoms with van der Waals surface area (Å²) in [6.45, 7) is 0.738. The summed E-state index contributed by atoms with van der Waals surface area (Å²) in [6.07, 6.45) is 3.61. The third-order valence-corrected chi connectivity index (χ3v) is 3.86. The molecule has 62 valence electrons. The van der Waals surface area contributed by atoms with Gasteiger partial charge in [-0.25, -0.2) is 0 Å². The van der Waals surface area contributed by atoms with E-state index in [4.69, 9.17) is 4.74 Å². The zero-order valence-corrected chi connectivity index (χ0v) is 7.89. The molecule has 0 bridgehead atoms. The highest BCUT2D eigenvalue weighted by molar-refractivity contribution is 9.09. The summed E-state index contributed by atoms with van der Waals surface area (Å²) in [5.41, 5.74) is -0.417. The van der Waals surface area contributed by atoms with E-state index in [0.717, 1.165) is 25.9 Å². The van der Waals surface area contributed by atoms with Crippen LogP contribution in [0.1, 0.15) is 25.7 Å². The van der Waals surface area contributed by atoms with Crippen molar-refractivity contribution in [2.75, 3.05) is 6.61 Å². The summed E-state index contributed by atoms with van der Waals surface area (Å²) in [7, 11) is 0. The highest BCUT2D eigenvalue weighted by atomic mass is 79.9. The van der Waals surface area contributed by atoms with E-state index in [-0.39, 0.29) is 4.83 Å². The highest BCUT2D eigenvalue weighted by Gasteiger charge is 2.51. The minimum absolute atomic E-state index is 0.269. The second-order valence-corrected chi connectivity index (χ2v) is 4.38. The summed E-state index contributed by atoms with van der Waals surface area (Å²) in [4.78, 5) is 11.7. The minimum atomic E-state index is -0.417. The van der Waals surface area contributed by atoms with Crippen molar-refractivity contribution in [1.29, 1.82) is 0 Å². The molecule has 2 aliphatic rings. The first-order chi connectivity index (χ1) is 5.26. The number of hydrogen-bond acceptors (Lipinski definition) is 2. The van der Waals surface area contributed by atoms with Crippen molar-refractivity contribution in [3.63, 3.8) is 0 Å². The van der Waals surface area contributed by atoms with Crippen LogP contribution in [0.4, 0.5) is 0 Å². The standard InChI is InChI=1S/C8H11BrO2/c9-6-3-5-11-8(6)4-1-2-7(8)10/h6H,1-5H2/t6-,8+/m0/s1. The van der Waals surface area contributed by atoms with Crippen molar-refractivity contribution in [2.24, 2.45) is 0 Å². The molecular formula is C8H11BrO2. The number of rotatable bonds is 0. The Morgan fingerprint density at radius 3 is 2.91 bits per heavy atom. The first-order valence-electron chi connectivity index (χ1n) is 4.07. The maximum atomic E-state index is 11.5. The van der Waals surface area contributed by atoms with Gasteiger partial charge in [-0.15, -0.1) is 0 Å². The fourth-order valence-corrected chi connectivity index (χ4v) is 2.82. The van der Waals surface area contributed by atoms with Crippen LogP contribution in [0.2, 0.25) is 0 Å². The van der Waals surface area contributed by atoms with Gasteiger partial charge in [-0.3, -0.25) is 4.79 Å². The molecule has 2 fully saturated rings. The monoisotopic (exact) mass is 218 g/mol. The molecule has 1 aliphatic heterocycles. The molecule has 0 aromatic heterocycles. The van der Waals surface area contributed by atoms with Crippen molar-refractivity contribution in [3.05, 3.63) is 0 Å². The van der Waals surface area contributed by atoms with Gasteiger partial charge in [-0.1, -0.05) is 15.9 Å². The topological polar surface area (TPSA) is 26.3 Å². The van der Waals surface area contributed by atoms with Crippen molar-refractivity contribution in [2.45, 2.75) is 36.1 Å². The van der Waals surface area contributed by atoms with Crippen molar-refractivity contribution in [1.82, 2.24) is 0 Å². The molecule has 0 amide bonds. The number of Topliss-reactive ketones (excluding diaryl/α,β-unsaturated/α-hetero) is 1. The van der Waals surface area contributed by atoms with E-state index in [1.54, 1.807) is 0 Å². The number of alkyl halides is 1. The van der Waals surface area contributed by atoms with E-state index >= 15 is 0 Å². The SMILES string of the molecule is O=C1CCC[C@]12OCC[C@@H]2Br. The molecule has 1 aliphatic carbocycles. The largest absolute Gasteiger partial charge is 0.366 e. The summed E-state index contributed by atoms with van der Waals surface area (Å²) in [6, 6.07) is 0. The Balaban J connectivity index is 2.25.